The van der Waals surface area contributed by atoms with Crippen molar-refractivity contribution in [3.63, 3.8) is 0 Å². The minimum atomic E-state index is -0.845. The molecule has 0 aliphatic carbocycles. The van der Waals surface area contributed by atoms with E-state index in [-0.39, 0.29) is 29.4 Å². The zero-order chi connectivity index (χ0) is 25.5. The second-order valence-electron chi connectivity index (χ2n) is 8.45. The van der Waals surface area contributed by atoms with Gasteiger partial charge >= 0.3 is 0 Å². The van der Waals surface area contributed by atoms with Gasteiger partial charge in [-0.2, -0.15) is 0 Å². The van der Waals surface area contributed by atoms with Crippen molar-refractivity contribution in [3.05, 3.63) is 58.7 Å². The number of likely N-dealkylation sites (tertiary alicyclic amines) is 1. The number of phenolic OH excluding ortho intramolecular Hbond substituents is 1. The van der Waals surface area contributed by atoms with Crippen molar-refractivity contribution in [2.24, 2.45) is 0 Å². The number of nitrogens with zero attached hydrogens (tertiary/aromatic N) is 1. The zero-order valence-electron chi connectivity index (χ0n) is 20.7. The first-order chi connectivity index (χ1) is 16.8. The number of hydrogen-bond acceptors (Lipinski definition) is 7. The highest BCUT2D eigenvalue weighted by molar-refractivity contribution is 6.46. The van der Waals surface area contributed by atoms with Gasteiger partial charge in [0.05, 0.1) is 25.3 Å². The number of carbonyl (C=O) groups excluding carboxylic acids is 2. The molecule has 1 heterocycles. The van der Waals surface area contributed by atoms with Crippen LogP contribution in [-0.4, -0.2) is 60.8 Å². The van der Waals surface area contributed by atoms with E-state index in [1.54, 1.807) is 37.4 Å². The Morgan fingerprint density at radius 2 is 1.80 bits per heavy atom. The van der Waals surface area contributed by atoms with Crippen LogP contribution < -0.4 is 9.47 Å². The van der Waals surface area contributed by atoms with E-state index in [1.165, 1.54) is 18.1 Å². The SMILES string of the molecule is CCCCOc1ccc(/C(O)=C2\C(=O)C(=O)N(CCCOC)[C@@H]2c2ccc(O)c(OC)c2)cc1C. The highest BCUT2D eigenvalue weighted by Crippen LogP contribution is 2.42. The molecule has 35 heavy (non-hydrogen) atoms. The van der Waals surface area contributed by atoms with Crippen LogP contribution >= 0.6 is 0 Å². The Bertz CT molecular complexity index is 1110. The van der Waals surface area contributed by atoms with E-state index in [1.807, 2.05) is 6.92 Å². The van der Waals surface area contributed by atoms with Crippen LogP contribution in [0, 0.1) is 6.92 Å². The van der Waals surface area contributed by atoms with Crippen molar-refractivity contribution in [1.29, 1.82) is 0 Å². The standard InChI is InChI=1S/C27H33NO7/c1-5-6-14-35-21-11-9-19(15-17(21)2)25(30)23-24(18-8-10-20(29)22(16-18)34-4)28(12-7-13-33-3)27(32)26(23)31/h8-11,15-16,24,29-30H,5-7,12-14H2,1-4H3/b25-23+/t24-/m1/s1. The molecule has 1 amide bonds. The number of aliphatic hydroxyl groups is 1. The zero-order valence-corrected chi connectivity index (χ0v) is 20.7. The van der Waals surface area contributed by atoms with Crippen molar-refractivity contribution in [2.45, 2.75) is 39.2 Å². The molecule has 2 aromatic rings. The van der Waals surface area contributed by atoms with Crippen LogP contribution in [0.1, 0.15) is 48.9 Å². The molecule has 8 nitrogen and oxygen atoms in total. The number of aliphatic hydroxyl groups excluding tert-OH is 1. The topological polar surface area (TPSA) is 106 Å². The van der Waals surface area contributed by atoms with Crippen molar-refractivity contribution >= 4 is 17.4 Å². The number of aromatic hydroxyl groups is 1. The lowest BCUT2D eigenvalue weighted by atomic mass is 9.94. The lowest BCUT2D eigenvalue weighted by molar-refractivity contribution is -0.140. The van der Waals surface area contributed by atoms with Gasteiger partial charge in [-0.3, -0.25) is 9.59 Å². The van der Waals surface area contributed by atoms with E-state index in [4.69, 9.17) is 14.2 Å². The molecule has 0 spiro atoms. The third-order valence-electron chi connectivity index (χ3n) is 6.01. The normalized spacial score (nSPS) is 17.1. The maximum atomic E-state index is 13.1. The summed E-state index contributed by atoms with van der Waals surface area (Å²) in [5, 5.41) is 21.3. The van der Waals surface area contributed by atoms with Gasteiger partial charge in [0.15, 0.2) is 11.5 Å². The maximum absolute atomic E-state index is 13.1. The Hall–Kier alpha value is -3.52. The minimum absolute atomic E-state index is 0.0146. The Labute approximate surface area is 205 Å². The summed E-state index contributed by atoms with van der Waals surface area (Å²) in [5.74, 6) is -0.891. The van der Waals surface area contributed by atoms with Crippen LogP contribution in [-0.2, 0) is 14.3 Å². The summed E-state index contributed by atoms with van der Waals surface area (Å²) in [6.07, 6.45) is 2.46. The number of benzene rings is 2. The fourth-order valence-corrected chi connectivity index (χ4v) is 4.14. The molecule has 0 unspecified atom stereocenters. The summed E-state index contributed by atoms with van der Waals surface area (Å²) in [6.45, 7) is 5.21. The number of ether oxygens (including phenoxy) is 3. The quantitative estimate of drug-likeness (QED) is 0.212. The lowest BCUT2D eigenvalue weighted by Gasteiger charge is -2.25. The first-order valence-corrected chi connectivity index (χ1v) is 11.7. The molecule has 1 aliphatic rings. The summed E-state index contributed by atoms with van der Waals surface area (Å²) < 4.78 is 16.1. The summed E-state index contributed by atoms with van der Waals surface area (Å²) in [6, 6.07) is 8.95. The summed E-state index contributed by atoms with van der Waals surface area (Å²) >= 11 is 0. The lowest BCUT2D eigenvalue weighted by Crippen LogP contribution is -2.31. The highest BCUT2D eigenvalue weighted by atomic mass is 16.5. The van der Waals surface area contributed by atoms with E-state index >= 15 is 0 Å². The smallest absolute Gasteiger partial charge is 0.295 e. The number of hydrogen-bond donors (Lipinski definition) is 2. The van der Waals surface area contributed by atoms with E-state index in [0.29, 0.717) is 36.5 Å². The number of amides is 1. The molecular weight excluding hydrogens is 450 g/mol. The van der Waals surface area contributed by atoms with Crippen molar-refractivity contribution in [2.75, 3.05) is 34.0 Å². The van der Waals surface area contributed by atoms with Crippen LogP contribution in [0.2, 0.25) is 0 Å². The van der Waals surface area contributed by atoms with Gasteiger partial charge in [-0.05, 0) is 61.2 Å². The molecule has 0 bridgehead atoms. The van der Waals surface area contributed by atoms with Crippen LogP contribution in [0.25, 0.3) is 5.76 Å². The predicted octanol–water partition coefficient (Wildman–Crippen LogP) is 4.35. The number of carbonyl (C=O) groups is 2. The first kappa shape index (κ1) is 26.1. The van der Waals surface area contributed by atoms with Crippen LogP contribution in [0.3, 0.4) is 0 Å². The number of methoxy groups -OCH3 is 2. The fourth-order valence-electron chi connectivity index (χ4n) is 4.14. The van der Waals surface area contributed by atoms with Gasteiger partial charge in [-0.1, -0.05) is 19.4 Å². The number of phenols is 1. The minimum Gasteiger partial charge on any atom is -0.507 e. The summed E-state index contributed by atoms with van der Waals surface area (Å²) in [7, 11) is 2.98. The van der Waals surface area contributed by atoms with Gasteiger partial charge in [0.1, 0.15) is 11.5 Å². The monoisotopic (exact) mass is 483 g/mol. The molecule has 8 heteroatoms. The van der Waals surface area contributed by atoms with E-state index in [0.717, 1.165) is 18.4 Å². The molecular formula is C27H33NO7. The third-order valence-corrected chi connectivity index (χ3v) is 6.01. The van der Waals surface area contributed by atoms with Crippen LogP contribution in [0.15, 0.2) is 42.0 Å². The molecule has 1 atom stereocenters. The largest absolute Gasteiger partial charge is 0.507 e. The number of ketones is 1. The van der Waals surface area contributed by atoms with Crippen LogP contribution in [0.5, 0.6) is 17.2 Å². The molecule has 1 saturated heterocycles. The Morgan fingerprint density at radius 1 is 1.03 bits per heavy atom. The average Bonchev–Trinajstić information content (AvgIpc) is 3.10. The van der Waals surface area contributed by atoms with Gasteiger partial charge in [-0.15, -0.1) is 0 Å². The van der Waals surface area contributed by atoms with Crippen molar-refractivity contribution < 1.29 is 34.0 Å². The number of Topliss-reactive ketones (excluding diaryl/α,β-unsaturated/α-hetero) is 1. The second kappa shape index (κ2) is 11.8. The first-order valence-electron chi connectivity index (χ1n) is 11.7. The van der Waals surface area contributed by atoms with Gasteiger partial charge in [-0.25, -0.2) is 0 Å². The Kier molecular flexibility index (Phi) is 8.76. The molecule has 2 N–H and O–H groups in total. The Morgan fingerprint density at radius 3 is 2.46 bits per heavy atom. The van der Waals surface area contributed by atoms with Gasteiger partial charge in [0.2, 0.25) is 0 Å². The number of rotatable bonds is 11. The van der Waals surface area contributed by atoms with E-state index in [9.17, 15) is 19.8 Å². The summed E-state index contributed by atoms with van der Waals surface area (Å²) in [5.41, 5.74) is 1.74. The number of unbranched alkanes of at least 4 members (excludes halogenated alkanes) is 1. The molecule has 0 aromatic heterocycles. The van der Waals surface area contributed by atoms with E-state index < -0.39 is 17.7 Å². The van der Waals surface area contributed by atoms with E-state index in [2.05, 4.69) is 6.92 Å². The predicted molar refractivity (Wildman–Crippen MR) is 132 cm³/mol. The van der Waals surface area contributed by atoms with Gasteiger partial charge in [0, 0.05) is 25.8 Å². The van der Waals surface area contributed by atoms with Crippen molar-refractivity contribution in [1.82, 2.24) is 4.90 Å². The average molecular weight is 484 g/mol. The Balaban J connectivity index is 2.08. The van der Waals surface area contributed by atoms with Crippen molar-refractivity contribution in [3.8, 4) is 17.2 Å². The third kappa shape index (κ3) is 5.59. The second-order valence-corrected chi connectivity index (χ2v) is 8.45. The number of aryl methyl sites for hydroxylation is 1. The molecule has 2 aromatic carbocycles. The molecule has 0 radical (unpaired) electrons. The molecule has 1 fully saturated rings. The van der Waals surface area contributed by atoms with Crippen LogP contribution in [0.4, 0.5) is 0 Å². The molecule has 0 saturated carbocycles. The fraction of sp³-hybridized carbons (Fsp3) is 0.407. The molecule has 1 aliphatic heterocycles. The molecule has 188 valence electrons. The molecule has 3 rings (SSSR count). The maximum Gasteiger partial charge on any atom is 0.295 e. The highest BCUT2D eigenvalue weighted by Gasteiger charge is 2.46. The van der Waals surface area contributed by atoms with Gasteiger partial charge < -0.3 is 29.3 Å². The van der Waals surface area contributed by atoms with Gasteiger partial charge in [0.25, 0.3) is 11.7 Å². The summed E-state index contributed by atoms with van der Waals surface area (Å²) in [4.78, 5) is 27.6.